The van der Waals surface area contributed by atoms with Crippen LogP contribution in [0.4, 0.5) is 0 Å². The normalized spacial score (nSPS) is 17.3. The van der Waals surface area contributed by atoms with Gasteiger partial charge in [-0.2, -0.15) is 0 Å². The number of carbonyl (C=O) groups is 1. The Labute approximate surface area is 133 Å². The highest BCUT2D eigenvalue weighted by atomic mass is 16.5. The van der Waals surface area contributed by atoms with Gasteiger partial charge in [0.1, 0.15) is 0 Å². The standard InChI is InChI=1S/C15H31N5O2/c1-4-8-20-9-5-13(6-10-20)19-15(16-2)18-12-14(21)17-7-11-22-3/h13H,4-12H2,1-3H3,(H,17,21)(H2,16,18,19). The first-order valence-electron chi connectivity index (χ1n) is 8.14. The maximum Gasteiger partial charge on any atom is 0.239 e. The first-order chi connectivity index (χ1) is 10.7. The van der Waals surface area contributed by atoms with Crippen LogP contribution in [0, 0.1) is 0 Å². The van der Waals surface area contributed by atoms with Gasteiger partial charge in [0.25, 0.3) is 0 Å². The molecule has 0 spiro atoms. The van der Waals surface area contributed by atoms with E-state index in [1.165, 1.54) is 13.0 Å². The van der Waals surface area contributed by atoms with Crippen molar-refractivity contribution >= 4 is 11.9 Å². The van der Waals surface area contributed by atoms with Crippen LogP contribution in [0.5, 0.6) is 0 Å². The van der Waals surface area contributed by atoms with Gasteiger partial charge < -0.3 is 25.6 Å². The van der Waals surface area contributed by atoms with E-state index < -0.39 is 0 Å². The zero-order valence-corrected chi connectivity index (χ0v) is 14.2. The number of nitrogens with one attached hydrogen (secondary N) is 3. The Balaban J connectivity index is 2.21. The molecule has 1 amide bonds. The number of hydrogen-bond acceptors (Lipinski definition) is 4. The summed E-state index contributed by atoms with van der Waals surface area (Å²) < 4.78 is 4.89. The van der Waals surface area contributed by atoms with Gasteiger partial charge in [-0.3, -0.25) is 9.79 Å². The molecule has 0 bridgehead atoms. The molecule has 0 atom stereocenters. The fourth-order valence-corrected chi connectivity index (χ4v) is 2.52. The number of amides is 1. The van der Waals surface area contributed by atoms with Crippen LogP contribution in [0.15, 0.2) is 4.99 Å². The summed E-state index contributed by atoms with van der Waals surface area (Å²) in [7, 11) is 3.34. The SMILES string of the molecule is CCCN1CCC(NC(=NC)NCC(=O)NCCOC)CC1. The first kappa shape index (κ1) is 18.7. The van der Waals surface area contributed by atoms with E-state index in [0.29, 0.717) is 25.2 Å². The van der Waals surface area contributed by atoms with Gasteiger partial charge in [0, 0.05) is 39.8 Å². The second-order valence-corrected chi connectivity index (χ2v) is 5.53. The van der Waals surface area contributed by atoms with Crippen molar-refractivity contribution in [2.75, 3.05) is 53.5 Å². The van der Waals surface area contributed by atoms with Crippen molar-refractivity contribution in [2.24, 2.45) is 4.99 Å². The molecule has 1 saturated heterocycles. The van der Waals surface area contributed by atoms with Crippen LogP contribution in [0.1, 0.15) is 26.2 Å². The molecular formula is C15H31N5O2. The lowest BCUT2D eigenvalue weighted by Crippen LogP contribution is -2.50. The lowest BCUT2D eigenvalue weighted by molar-refractivity contribution is -0.120. The summed E-state index contributed by atoms with van der Waals surface area (Å²) in [5.74, 6) is 0.633. The van der Waals surface area contributed by atoms with Crippen LogP contribution in [-0.4, -0.2) is 76.3 Å². The van der Waals surface area contributed by atoms with Crippen molar-refractivity contribution in [1.29, 1.82) is 0 Å². The Morgan fingerprint density at radius 2 is 2.05 bits per heavy atom. The second kappa shape index (κ2) is 11.3. The third kappa shape index (κ3) is 7.61. The fourth-order valence-electron chi connectivity index (χ4n) is 2.52. The number of nitrogens with zero attached hydrogens (tertiary/aromatic N) is 2. The number of carbonyl (C=O) groups excluding carboxylic acids is 1. The number of aliphatic imine (C=N–C) groups is 1. The van der Waals surface area contributed by atoms with Crippen LogP contribution >= 0.6 is 0 Å². The monoisotopic (exact) mass is 313 g/mol. The lowest BCUT2D eigenvalue weighted by Gasteiger charge is -2.32. The molecule has 1 aliphatic heterocycles. The number of likely N-dealkylation sites (tertiary alicyclic amines) is 1. The molecule has 0 radical (unpaired) electrons. The summed E-state index contributed by atoms with van der Waals surface area (Å²) >= 11 is 0. The van der Waals surface area contributed by atoms with Gasteiger partial charge in [0.15, 0.2) is 5.96 Å². The Bertz CT molecular complexity index is 341. The molecule has 1 rings (SSSR count). The third-order valence-corrected chi connectivity index (χ3v) is 3.74. The molecule has 0 aromatic heterocycles. The molecule has 128 valence electrons. The van der Waals surface area contributed by atoms with Gasteiger partial charge in [-0.1, -0.05) is 6.92 Å². The number of rotatable bonds is 8. The van der Waals surface area contributed by atoms with Crippen molar-refractivity contribution in [1.82, 2.24) is 20.9 Å². The minimum Gasteiger partial charge on any atom is -0.383 e. The molecule has 1 aliphatic rings. The number of hydrogen-bond donors (Lipinski definition) is 3. The predicted octanol–water partition coefficient (Wildman–Crippen LogP) is -0.212. The minimum absolute atomic E-state index is 0.0576. The molecule has 22 heavy (non-hydrogen) atoms. The zero-order chi connectivity index (χ0) is 16.2. The number of methoxy groups -OCH3 is 1. The van der Waals surface area contributed by atoms with Crippen molar-refractivity contribution in [3.05, 3.63) is 0 Å². The van der Waals surface area contributed by atoms with Gasteiger partial charge in [-0.25, -0.2) is 0 Å². The van der Waals surface area contributed by atoms with Crippen LogP contribution in [-0.2, 0) is 9.53 Å². The summed E-state index contributed by atoms with van der Waals surface area (Å²) in [5, 5.41) is 9.22. The van der Waals surface area contributed by atoms with Gasteiger partial charge in [0.05, 0.1) is 13.2 Å². The maximum atomic E-state index is 11.6. The molecule has 7 heteroatoms. The van der Waals surface area contributed by atoms with E-state index in [1.807, 2.05) is 0 Å². The maximum absolute atomic E-state index is 11.6. The third-order valence-electron chi connectivity index (χ3n) is 3.74. The molecule has 1 heterocycles. The van der Waals surface area contributed by atoms with Crippen LogP contribution in [0.3, 0.4) is 0 Å². The Morgan fingerprint density at radius 3 is 2.64 bits per heavy atom. The summed E-state index contributed by atoms with van der Waals surface area (Å²) in [6.07, 6.45) is 3.43. The largest absolute Gasteiger partial charge is 0.383 e. The van der Waals surface area contributed by atoms with E-state index >= 15 is 0 Å². The van der Waals surface area contributed by atoms with Crippen LogP contribution in [0.25, 0.3) is 0 Å². The highest BCUT2D eigenvalue weighted by molar-refractivity contribution is 5.86. The smallest absolute Gasteiger partial charge is 0.239 e. The van der Waals surface area contributed by atoms with E-state index in [2.05, 4.69) is 32.8 Å². The van der Waals surface area contributed by atoms with Crippen molar-refractivity contribution < 1.29 is 9.53 Å². The van der Waals surface area contributed by atoms with Crippen LogP contribution < -0.4 is 16.0 Å². The summed E-state index contributed by atoms with van der Waals surface area (Å²) in [5.41, 5.74) is 0. The summed E-state index contributed by atoms with van der Waals surface area (Å²) in [6, 6.07) is 0.427. The van der Waals surface area contributed by atoms with E-state index in [9.17, 15) is 4.79 Å². The average Bonchev–Trinajstić information content (AvgIpc) is 2.53. The van der Waals surface area contributed by atoms with E-state index in [0.717, 1.165) is 25.9 Å². The Kier molecular flexibility index (Phi) is 9.57. The molecule has 1 fully saturated rings. The van der Waals surface area contributed by atoms with Crippen molar-refractivity contribution in [3.63, 3.8) is 0 Å². The Morgan fingerprint density at radius 1 is 1.32 bits per heavy atom. The molecule has 0 saturated carbocycles. The number of guanidine groups is 1. The molecule has 0 aromatic rings. The quantitative estimate of drug-likeness (QED) is 0.328. The van der Waals surface area contributed by atoms with Crippen molar-refractivity contribution in [2.45, 2.75) is 32.2 Å². The molecule has 0 aliphatic carbocycles. The Hall–Kier alpha value is -1.34. The van der Waals surface area contributed by atoms with Crippen LogP contribution in [0.2, 0.25) is 0 Å². The highest BCUT2D eigenvalue weighted by Crippen LogP contribution is 2.10. The molecule has 3 N–H and O–H groups in total. The van der Waals surface area contributed by atoms with Gasteiger partial charge in [-0.15, -0.1) is 0 Å². The van der Waals surface area contributed by atoms with Gasteiger partial charge >= 0.3 is 0 Å². The minimum atomic E-state index is -0.0576. The van der Waals surface area contributed by atoms with E-state index in [-0.39, 0.29) is 12.5 Å². The number of ether oxygens (including phenoxy) is 1. The summed E-state index contributed by atoms with van der Waals surface area (Å²) in [4.78, 5) is 18.3. The molecule has 0 aromatic carbocycles. The predicted molar refractivity (Wildman–Crippen MR) is 89.1 cm³/mol. The molecule has 7 nitrogen and oxygen atoms in total. The molecule has 0 unspecified atom stereocenters. The average molecular weight is 313 g/mol. The van der Waals surface area contributed by atoms with E-state index in [1.54, 1.807) is 14.2 Å². The second-order valence-electron chi connectivity index (χ2n) is 5.53. The first-order valence-corrected chi connectivity index (χ1v) is 8.14. The topological polar surface area (TPSA) is 78.0 Å². The van der Waals surface area contributed by atoms with Crippen molar-refractivity contribution in [3.8, 4) is 0 Å². The zero-order valence-electron chi connectivity index (χ0n) is 14.2. The fraction of sp³-hybridized carbons (Fsp3) is 0.867. The van der Waals surface area contributed by atoms with E-state index in [4.69, 9.17) is 4.74 Å². The number of piperidine rings is 1. The summed E-state index contributed by atoms with van der Waals surface area (Å²) in [6.45, 7) is 6.92. The van der Waals surface area contributed by atoms with Gasteiger partial charge in [-0.05, 0) is 25.8 Å². The highest BCUT2D eigenvalue weighted by Gasteiger charge is 2.19. The molecular weight excluding hydrogens is 282 g/mol. The van der Waals surface area contributed by atoms with Gasteiger partial charge in [0.2, 0.25) is 5.91 Å². The lowest BCUT2D eigenvalue weighted by atomic mass is 10.1.